The minimum atomic E-state index is -3.51. The van der Waals surface area contributed by atoms with E-state index < -0.39 is 16.1 Å². The molecule has 2 aromatic rings. The van der Waals surface area contributed by atoms with Crippen molar-refractivity contribution in [1.29, 1.82) is 0 Å². The second-order valence-corrected chi connectivity index (χ2v) is 10.3. The Hall–Kier alpha value is -2.29. The van der Waals surface area contributed by atoms with Crippen LogP contribution in [0.5, 0.6) is 0 Å². The number of hydrogen-bond donors (Lipinski definition) is 1. The number of anilines is 1. The standard InChI is InChI=1S/C23H29Cl2N3O4S/c1-4-21(23(30)26-2)27(16-17-12-13-19(24)20(25)15-17)22(29)11-8-14-28(33(3,31)32)18-9-6-5-7-10-18/h5-7,9-10,12-13,15,21H,4,8,11,14,16H2,1-3H3,(H,26,30)/t21-/m0/s1. The smallest absolute Gasteiger partial charge is 0.242 e. The molecule has 0 aromatic heterocycles. The van der Waals surface area contributed by atoms with Gasteiger partial charge in [-0.3, -0.25) is 13.9 Å². The molecule has 1 N–H and O–H groups in total. The van der Waals surface area contributed by atoms with Crippen molar-refractivity contribution >= 4 is 50.7 Å². The lowest BCUT2D eigenvalue weighted by molar-refractivity contribution is -0.141. The van der Waals surface area contributed by atoms with E-state index in [1.807, 2.05) is 6.92 Å². The number of sulfonamides is 1. The lowest BCUT2D eigenvalue weighted by Gasteiger charge is -2.31. The fraction of sp³-hybridized carbons (Fsp3) is 0.391. The van der Waals surface area contributed by atoms with Crippen molar-refractivity contribution in [3.63, 3.8) is 0 Å². The second kappa shape index (κ2) is 12.3. The third kappa shape index (κ3) is 7.62. The summed E-state index contributed by atoms with van der Waals surface area (Å²) in [7, 11) is -1.99. The summed E-state index contributed by atoms with van der Waals surface area (Å²) < 4.78 is 25.8. The third-order valence-electron chi connectivity index (χ3n) is 5.17. The fourth-order valence-corrected chi connectivity index (χ4v) is 4.81. The van der Waals surface area contributed by atoms with Gasteiger partial charge in [-0.05, 0) is 42.7 Å². The van der Waals surface area contributed by atoms with E-state index in [0.29, 0.717) is 28.6 Å². The number of likely N-dealkylation sites (N-methyl/N-ethyl adjacent to an activating group) is 1. The zero-order valence-electron chi connectivity index (χ0n) is 18.9. The summed E-state index contributed by atoms with van der Waals surface area (Å²) in [5.74, 6) is -0.522. The van der Waals surface area contributed by atoms with Gasteiger partial charge in [-0.1, -0.05) is 54.4 Å². The van der Waals surface area contributed by atoms with Crippen LogP contribution in [-0.2, 0) is 26.2 Å². The predicted octanol–water partition coefficient (Wildman–Crippen LogP) is 4.09. The number of nitrogens with zero attached hydrogens (tertiary/aromatic N) is 2. The minimum absolute atomic E-state index is 0.0771. The predicted molar refractivity (Wildman–Crippen MR) is 133 cm³/mol. The van der Waals surface area contributed by atoms with Crippen molar-refractivity contribution in [2.24, 2.45) is 0 Å². The maximum atomic E-state index is 13.2. The van der Waals surface area contributed by atoms with E-state index in [2.05, 4.69) is 5.32 Å². The van der Waals surface area contributed by atoms with Gasteiger partial charge in [0.05, 0.1) is 22.0 Å². The number of rotatable bonds is 11. The molecule has 0 spiro atoms. The van der Waals surface area contributed by atoms with Gasteiger partial charge in [0.25, 0.3) is 0 Å². The van der Waals surface area contributed by atoms with Crippen LogP contribution >= 0.6 is 23.2 Å². The van der Waals surface area contributed by atoms with Crippen LogP contribution in [0.2, 0.25) is 10.0 Å². The van der Waals surface area contributed by atoms with Crippen LogP contribution < -0.4 is 9.62 Å². The summed E-state index contributed by atoms with van der Waals surface area (Å²) in [6, 6.07) is 13.1. The Labute approximate surface area is 205 Å². The van der Waals surface area contributed by atoms with Crippen LogP contribution in [-0.4, -0.2) is 51.0 Å². The van der Waals surface area contributed by atoms with Gasteiger partial charge in [-0.2, -0.15) is 0 Å². The maximum Gasteiger partial charge on any atom is 0.242 e. The second-order valence-electron chi connectivity index (χ2n) is 7.58. The Kier molecular flexibility index (Phi) is 10.0. The Bertz CT molecular complexity index is 1060. The number of amides is 2. The van der Waals surface area contributed by atoms with Gasteiger partial charge in [-0.25, -0.2) is 8.42 Å². The molecule has 33 heavy (non-hydrogen) atoms. The number of hydrogen-bond acceptors (Lipinski definition) is 4. The van der Waals surface area contributed by atoms with Crippen LogP contribution in [0.1, 0.15) is 31.7 Å². The molecule has 0 heterocycles. The molecule has 2 rings (SSSR count). The zero-order valence-corrected chi connectivity index (χ0v) is 21.3. The Balaban J connectivity index is 2.19. The van der Waals surface area contributed by atoms with E-state index in [9.17, 15) is 18.0 Å². The highest BCUT2D eigenvalue weighted by Gasteiger charge is 2.28. The van der Waals surface area contributed by atoms with Crippen LogP contribution in [0.15, 0.2) is 48.5 Å². The van der Waals surface area contributed by atoms with Crippen molar-refractivity contribution < 1.29 is 18.0 Å². The molecular formula is C23H29Cl2N3O4S. The highest BCUT2D eigenvalue weighted by molar-refractivity contribution is 7.92. The molecule has 1 atom stereocenters. The van der Waals surface area contributed by atoms with Gasteiger partial charge in [-0.15, -0.1) is 0 Å². The molecule has 7 nitrogen and oxygen atoms in total. The first-order valence-electron chi connectivity index (χ1n) is 10.6. The van der Waals surface area contributed by atoms with E-state index >= 15 is 0 Å². The maximum absolute atomic E-state index is 13.2. The van der Waals surface area contributed by atoms with Crippen molar-refractivity contribution in [3.8, 4) is 0 Å². The van der Waals surface area contributed by atoms with Crippen LogP contribution in [0.25, 0.3) is 0 Å². The number of carbonyl (C=O) groups excluding carboxylic acids is 2. The quantitative estimate of drug-likeness (QED) is 0.490. The van der Waals surface area contributed by atoms with Crippen LogP contribution in [0, 0.1) is 0 Å². The van der Waals surface area contributed by atoms with Crippen molar-refractivity contribution in [2.75, 3.05) is 24.2 Å². The molecule has 0 aliphatic rings. The lowest BCUT2D eigenvalue weighted by Crippen LogP contribution is -2.48. The topological polar surface area (TPSA) is 86.8 Å². The first kappa shape index (κ1) is 27.0. The molecule has 2 amide bonds. The van der Waals surface area contributed by atoms with Gasteiger partial charge in [0.1, 0.15) is 6.04 Å². The molecule has 0 fully saturated rings. The molecule has 0 bridgehead atoms. The molecular weight excluding hydrogens is 485 g/mol. The number of benzene rings is 2. The molecule has 0 saturated carbocycles. The third-order valence-corrected chi connectivity index (χ3v) is 7.10. The van der Waals surface area contributed by atoms with E-state index in [0.717, 1.165) is 11.8 Å². The summed E-state index contributed by atoms with van der Waals surface area (Å²) in [4.78, 5) is 27.2. The summed E-state index contributed by atoms with van der Waals surface area (Å²) in [5.41, 5.74) is 1.28. The van der Waals surface area contributed by atoms with Gasteiger partial charge in [0.15, 0.2) is 0 Å². The molecule has 180 valence electrons. The summed E-state index contributed by atoms with van der Waals surface area (Å²) in [6.07, 6.45) is 1.93. The van der Waals surface area contributed by atoms with Crippen LogP contribution in [0.3, 0.4) is 0 Å². The van der Waals surface area contributed by atoms with Crippen molar-refractivity contribution in [2.45, 2.75) is 38.8 Å². The average Bonchev–Trinajstić information content (AvgIpc) is 2.78. The molecule has 0 aliphatic carbocycles. The van der Waals surface area contributed by atoms with Gasteiger partial charge < -0.3 is 10.2 Å². The molecule has 0 saturated heterocycles. The summed E-state index contributed by atoms with van der Waals surface area (Å²) in [6.45, 7) is 2.15. The van der Waals surface area contributed by atoms with E-state index in [-0.39, 0.29) is 31.3 Å². The Morgan fingerprint density at radius 2 is 1.73 bits per heavy atom. The van der Waals surface area contributed by atoms with Crippen molar-refractivity contribution in [3.05, 3.63) is 64.1 Å². The monoisotopic (exact) mass is 513 g/mol. The Morgan fingerprint density at radius 1 is 1.06 bits per heavy atom. The number of carbonyl (C=O) groups is 2. The van der Waals surface area contributed by atoms with E-state index in [1.165, 1.54) is 16.3 Å². The SMILES string of the molecule is CC[C@@H](C(=O)NC)N(Cc1ccc(Cl)c(Cl)c1)C(=O)CCCN(c1ccccc1)S(C)(=O)=O. The highest BCUT2D eigenvalue weighted by Crippen LogP contribution is 2.24. The summed E-state index contributed by atoms with van der Waals surface area (Å²) >= 11 is 12.1. The summed E-state index contributed by atoms with van der Waals surface area (Å²) in [5, 5.41) is 3.37. The molecule has 2 aromatic carbocycles. The largest absolute Gasteiger partial charge is 0.357 e. The number of nitrogens with one attached hydrogen (secondary N) is 1. The van der Waals surface area contributed by atoms with Gasteiger partial charge >= 0.3 is 0 Å². The molecule has 0 radical (unpaired) electrons. The fourth-order valence-electron chi connectivity index (χ4n) is 3.52. The molecule has 0 aliphatic heterocycles. The molecule has 0 unspecified atom stereocenters. The van der Waals surface area contributed by atoms with Gasteiger partial charge in [0.2, 0.25) is 21.8 Å². The van der Waals surface area contributed by atoms with Crippen LogP contribution in [0.4, 0.5) is 5.69 Å². The molecule has 10 heteroatoms. The van der Waals surface area contributed by atoms with Gasteiger partial charge in [0, 0.05) is 26.6 Å². The van der Waals surface area contributed by atoms with E-state index in [1.54, 1.807) is 48.5 Å². The van der Waals surface area contributed by atoms with E-state index in [4.69, 9.17) is 23.2 Å². The minimum Gasteiger partial charge on any atom is -0.357 e. The highest BCUT2D eigenvalue weighted by atomic mass is 35.5. The first-order chi connectivity index (χ1) is 15.6. The number of para-hydroxylation sites is 1. The lowest BCUT2D eigenvalue weighted by atomic mass is 10.1. The number of halogens is 2. The average molecular weight is 514 g/mol. The Morgan fingerprint density at radius 3 is 2.27 bits per heavy atom. The van der Waals surface area contributed by atoms with Crippen molar-refractivity contribution in [1.82, 2.24) is 10.2 Å². The normalized spacial score (nSPS) is 12.2. The first-order valence-corrected chi connectivity index (χ1v) is 13.2. The zero-order chi connectivity index (χ0) is 24.6.